The highest BCUT2D eigenvalue weighted by Crippen LogP contribution is 2.38. The van der Waals surface area contributed by atoms with Crippen LogP contribution < -0.4 is 5.32 Å². The SMILES string of the molecule is CC1CC(NC(=O)CCCn2cccc2)CC(C)(C)C1. The van der Waals surface area contributed by atoms with Crippen molar-refractivity contribution in [1.29, 1.82) is 0 Å². The number of carbonyl (C=O) groups excluding carboxylic acids is 1. The molecule has 1 saturated carbocycles. The molecule has 0 spiro atoms. The predicted molar refractivity (Wildman–Crippen MR) is 82.4 cm³/mol. The maximum atomic E-state index is 12.0. The summed E-state index contributed by atoms with van der Waals surface area (Å²) in [5.74, 6) is 0.927. The van der Waals surface area contributed by atoms with Gasteiger partial charge in [-0.05, 0) is 49.1 Å². The van der Waals surface area contributed by atoms with Crippen LogP contribution in [0, 0.1) is 11.3 Å². The molecule has 112 valence electrons. The lowest BCUT2D eigenvalue weighted by atomic mass is 9.70. The molecule has 1 aromatic rings. The Labute approximate surface area is 122 Å². The Kier molecular flexibility index (Phi) is 4.90. The van der Waals surface area contributed by atoms with Crippen molar-refractivity contribution >= 4 is 5.91 Å². The van der Waals surface area contributed by atoms with E-state index in [0.29, 0.717) is 23.8 Å². The molecule has 0 bridgehead atoms. The Bertz CT molecular complexity index is 422. The third-order valence-electron chi connectivity index (χ3n) is 4.24. The molecular formula is C17H28N2O. The molecule has 1 heterocycles. The first-order chi connectivity index (χ1) is 9.44. The number of carbonyl (C=O) groups is 1. The van der Waals surface area contributed by atoms with Gasteiger partial charge in [0.25, 0.3) is 0 Å². The van der Waals surface area contributed by atoms with Crippen molar-refractivity contribution in [2.45, 2.75) is 65.5 Å². The first kappa shape index (κ1) is 15.1. The van der Waals surface area contributed by atoms with E-state index < -0.39 is 0 Å². The molecule has 20 heavy (non-hydrogen) atoms. The first-order valence-electron chi connectivity index (χ1n) is 7.85. The zero-order valence-corrected chi connectivity index (χ0v) is 13.1. The minimum atomic E-state index is 0.215. The number of amides is 1. The monoisotopic (exact) mass is 276 g/mol. The maximum absolute atomic E-state index is 12.0. The molecule has 0 aromatic carbocycles. The normalized spacial score (nSPS) is 25.4. The molecule has 1 aliphatic rings. The zero-order valence-electron chi connectivity index (χ0n) is 13.1. The van der Waals surface area contributed by atoms with Crippen LogP contribution in [0.5, 0.6) is 0 Å². The Hall–Kier alpha value is -1.25. The first-order valence-corrected chi connectivity index (χ1v) is 7.85. The van der Waals surface area contributed by atoms with E-state index in [4.69, 9.17) is 0 Å². The van der Waals surface area contributed by atoms with Crippen LogP contribution in [0.15, 0.2) is 24.5 Å². The smallest absolute Gasteiger partial charge is 0.220 e. The van der Waals surface area contributed by atoms with Gasteiger partial charge in [-0.15, -0.1) is 0 Å². The second-order valence-corrected chi connectivity index (χ2v) is 7.20. The molecule has 0 aliphatic heterocycles. The minimum absolute atomic E-state index is 0.215. The number of rotatable bonds is 5. The second kappa shape index (κ2) is 6.47. The van der Waals surface area contributed by atoms with E-state index in [-0.39, 0.29) is 5.91 Å². The molecule has 1 fully saturated rings. The molecule has 0 radical (unpaired) electrons. The fraction of sp³-hybridized carbons (Fsp3) is 0.706. The van der Waals surface area contributed by atoms with Crippen LogP contribution in [-0.4, -0.2) is 16.5 Å². The predicted octanol–water partition coefficient (Wildman–Crippen LogP) is 3.60. The third-order valence-corrected chi connectivity index (χ3v) is 4.24. The van der Waals surface area contributed by atoms with Gasteiger partial charge < -0.3 is 9.88 Å². The molecule has 3 nitrogen and oxygen atoms in total. The van der Waals surface area contributed by atoms with E-state index >= 15 is 0 Å². The molecule has 0 saturated heterocycles. The average Bonchev–Trinajstić information content (AvgIpc) is 2.78. The van der Waals surface area contributed by atoms with E-state index in [1.165, 1.54) is 6.42 Å². The molecule has 1 aromatic heterocycles. The summed E-state index contributed by atoms with van der Waals surface area (Å²) in [4.78, 5) is 12.0. The van der Waals surface area contributed by atoms with Gasteiger partial charge in [0.1, 0.15) is 0 Å². The lowest BCUT2D eigenvalue weighted by Crippen LogP contribution is -2.42. The van der Waals surface area contributed by atoms with Crippen molar-refractivity contribution in [3.8, 4) is 0 Å². The van der Waals surface area contributed by atoms with Gasteiger partial charge in [0.15, 0.2) is 0 Å². The van der Waals surface area contributed by atoms with Crippen molar-refractivity contribution in [2.75, 3.05) is 0 Å². The molecule has 2 atom stereocenters. The van der Waals surface area contributed by atoms with E-state index in [2.05, 4.69) is 30.7 Å². The average molecular weight is 276 g/mol. The van der Waals surface area contributed by atoms with Gasteiger partial charge in [-0.3, -0.25) is 4.79 Å². The summed E-state index contributed by atoms with van der Waals surface area (Å²) in [5.41, 5.74) is 0.362. The summed E-state index contributed by atoms with van der Waals surface area (Å²) in [6, 6.07) is 4.41. The van der Waals surface area contributed by atoms with Crippen LogP contribution in [0.1, 0.15) is 52.9 Å². The summed E-state index contributed by atoms with van der Waals surface area (Å²) in [6.07, 6.45) is 9.14. The molecule has 1 N–H and O–H groups in total. The summed E-state index contributed by atoms with van der Waals surface area (Å²) < 4.78 is 2.12. The minimum Gasteiger partial charge on any atom is -0.354 e. The molecule has 3 heteroatoms. The summed E-state index contributed by atoms with van der Waals surface area (Å²) in [6.45, 7) is 7.85. The van der Waals surface area contributed by atoms with Crippen LogP contribution >= 0.6 is 0 Å². The van der Waals surface area contributed by atoms with Gasteiger partial charge in [-0.25, -0.2) is 0 Å². The molecule has 2 rings (SSSR count). The lowest BCUT2D eigenvalue weighted by Gasteiger charge is -2.39. The Morgan fingerprint density at radius 2 is 2.00 bits per heavy atom. The molecule has 1 aliphatic carbocycles. The number of aryl methyl sites for hydroxylation is 1. The topological polar surface area (TPSA) is 34.0 Å². The van der Waals surface area contributed by atoms with E-state index in [1.54, 1.807) is 0 Å². The van der Waals surface area contributed by atoms with E-state index in [0.717, 1.165) is 25.8 Å². The van der Waals surface area contributed by atoms with Gasteiger partial charge >= 0.3 is 0 Å². The summed E-state index contributed by atoms with van der Waals surface area (Å²) >= 11 is 0. The maximum Gasteiger partial charge on any atom is 0.220 e. The lowest BCUT2D eigenvalue weighted by molar-refractivity contribution is -0.122. The van der Waals surface area contributed by atoms with E-state index in [1.807, 2.05) is 24.5 Å². The number of aromatic nitrogens is 1. The van der Waals surface area contributed by atoms with Gasteiger partial charge in [0.2, 0.25) is 5.91 Å². The van der Waals surface area contributed by atoms with Crippen LogP contribution in [0.25, 0.3) is 0 Å². The number of nitrogens with zero attached hydrogens (tertiary/aromatic N) is 1. The standard InChI is InChI=1S/C17H28N2O/c1-14-11-15(13-17(2,3)12-14)18-16(20)7-6-10-19-8-4-5-9-19/h4-5,8-9,14-15H,6-7,10-13H2,1-3H3,(H,18,20). The molecular weight excluding hydrogens is 248 g/mol. The largest absolute Gasteiger partial charge is 0.354 e. The summed E-state index contributed by atoms with van der Waals surface area (Å²) in [7, 11) is 0. The second-order valence-electron chi connectivity index (χ2n) is 7.20. The van der Waals surface area contributed by atoms with Crippen LogP contribution in [-0.2, 0) is 11.3 Å². The van der Waals surface area contributed by atoms with Crippen molar-refractivity contribution in [2.24, 2.45) is 11.3 Å². The number of nitrogens with one attached hydrogen (secondary N) is 1. The summed E-state index contributed by atoms with van der Waals surface area (Å²) in [5, 5.41) is 3.24. The van der Waals surface area contributed by atoms with Gasteiger partial charge in [0, 0.05) is 31.4 Å². The highest BCUT2D eigenvalue weighted by Gasteiger charge is 2.32. The van der Waals surface area contributed by atoms with Crippen LogP contribution in [0.4, 0.5) is 0 Å². The van der Waals surface area contributed by atoms with Crippen molar-refractivity contribution in [3.63, 3.8) is 0 Å². The van der Waals surface area contributed by atoms with Crippen molar-refractivity contribution in [3.05, 3.63) is 24.5 Å². The Balaban J connectivity index is 1.71. The Morgan fingerprint density at radius 3 is 2.65 bits per heavy atom. The number of hydrogen-bond acceptors (Lipinski definition) is 1. The third kappa shape index (κ3) is 4.69. The highest BCUT2D eigenvalue weighted by atomic mass is 16.1. The van der Waals surface area contributed by atoms with Gasteiger partial charge in [-0.2, -0.15) is 0 Å². The van der Waals surface area contributed by atoms with Gasteiger partial charge in [-0.1, -0.05) is 20.8 Å². The molecule has 2 unspecified atom stereocenters. The fourth-order valence-electron chi connectivity index (χ4n) is 3.70. The van der Waals surface area contributed by atoms with Crippen molar-refractivity contribution in [1.82, 2.24) is 9.88 Å². The van der Waals surface area contributed by atoms with Crippen LogP contribution in [0.2, 0.25) is 0 Å². The van der Waals surface area contributed by atoms with Crippen molar-refractivity contribution < 1.29 is 4.79 Å². The number of hydrogen-bond donors (Lipinski definition) is 1. The zero-order chi connectivity index (χ0) is 14.6. The Morgan fingerprint density at radius 1 is 1.30 bits per heavy atom. The quantitative estimate of drug-likeness (QED) is 0.876. The van der Waals surface area contributed by atoms with Gasteiger partial charge in [0.05, 0.1) is 0 Å². The van der Waals surface area contributed by atoms with Crippen LogP contribution in [0.3, 0.4) is 0 Å². The van der Waals surface area contributed by atoms with E-state index in [9.17, 15) is 4.79 Å². The molecule has 1 amide bonds. The fourth-order valence-corrected chi connectivity index (χ4v) is 3.70. The highest BCUT2D eigenvalue weighted by molar-refractivity contribution is 5.76.